The van der Waals surface area contributed by atoms with E-state index in [1.54, 1.807) is 29.0 Å². The van der Waals surface area contributed by atoms with Gasteiger partial charge in [0, 0.05) is 25.8 Å². The topological polar surface area (TPSA) is 61.6 Å². The maximum absolute atomic E-state index is 12.6. The summed E-state index contributed by atoms with van der Waals surface area (Å²) in [6.45, 7) is 4.90. The number of carbonyl (C=O) groups excluding carboxylic acids is 1. The van der Waals surface area contributed by atoms with E-state index in [0.29, 0.717) is 5.56 Å². The summed E-state index contributed by atoms with van der Waals surface area (Å²) >= 11 is 0. The number of nitrogens with zero attached hydrogens (tertiary/aromatic N) is 4. The first kappa shape index (κ1) is 15.5. The van der Waals surface area contributed by atoms with Crippen LogP contribution in [-0.2, 0) is 6.54 Å². The minimum absolute atomic E-state index is 0.0502. The number of carbonyl (C=O) groups is 1. The Labute approximate surface area is 131 Å². The molecule has 0 unspecified atom stereocenters. The molecule has 6 heteroatoms. The van der Waals surface area contributed by atoms with Gasteiger partial charge in [-0.25, -0.2) is 0 Å². The second-order valence-electron chi connectivity index (χ2n) is 6.45. The number of amides is 1. The van der Waals surface area contributed by atoms with Crippen molar-refractivity contribution in [2.24, 2.45) is 0 Å². The summed E-state index contributed by atoms with van der Waals surface area (Å²) in [4.78, 5) is 16.7. The lowest BCUT2D eigenvalue weighted by atomic mass is 10.1. The van der Waals surface area contributed by atoms with Crippen LogP contribution in [0, 0.1) is 0 Å². The Morgan fingerprint density at radius 1 is 1.41 bits per heavy atom. The lowest BCUT2D eigenvalue weighted by molar-refractivity contribution is 0.0296. The highest BCUT2D eigenvalue weighted by Crippen LogP contribution is 2.30. The van der Waals surface area contributed by atoms with Crippen molar-refractivity contribution in [1.82, 2.24) is 19.6 Å². The second-order valence-corrected chi connectivity index (χ2v) is 6.45. The molecule has 1 aromatic rings. The van der Waals surface area contributed by atoms with E-state index in [4.69, 9.17) is 0 Å². The number of likely N-dealkylation sites (N-methyl/N-ethyl adjacent to an activating group) is 1. The summed E-state index contributed by atoms with van der Waals surface area (Å²) < 4.78 is 1.75. The van der Waals surface area contributed by atoms with Crippen molar-refractivity contribution in [3.8, 4) is 0 Å². The molecule has 1 saturated carbocycles. The Morgan fingerprint density at radius 3 is 2.77 bits per heavy atom. The molecule has 1 aliphatic carbocycles. The molecule has 22 heavy (non-hydrogen) atoms. The molecule has 2 aliphatic rings. The molecule has 6 nitrogen and oxygen atoms in total. The van der Waals surface area contributed by atoms with Crippen molar-refractivity contribution >= 4 is 5.91 Å². The van der Waals surface area contributed by atoms with E-state index in [2.05, 4.69) is 10.00 Å². The van der Waals surface area contributed by atoms with Crippen LogP contribution >= 0.6 is 0 Å². The molecule has 0 aromatic carbocycles. The van der Waals surface area contributed by atoms with Crippen LogP contribution in [0.4, 0.5) is 0 Å². The molecule has 0 radical (unpaired) electrons. The molecule has 3 rings (SSSR count). The first-order chi connectivity index (χ1) is 10.6. The van der Waals surface area contributed by atoms with Crippen molar-refractivity contribution in [2.75, 3.05) is 20.1 Å². The molecular weight excluding hydrogens is 280 g/mol. The van der Waals surface area contributed by atoms with Crippen molar-refractivity contribution in [2.45, 2.75) is 57.3 Å². The lowest BCUT2D eigenvalue weighted by Crippen LogP contribution is -2.48. The Morgan fingerprint density at radius 2 is 2.14 bits per heavy atom. The molecule has 2 heterocycles. The molecule has 3 atom stereocenters. The molecule has 1 N–H and O–H groups in total. The fourth-order valence-corrected chi connectivity index (χ4v) is 3.84. The number of likely N-dealkylation sites (tertiary alicyclic amines) is 1. The highest BCUT2D eigenvalue weighted by Gasteiger charge is 2.42. The van der Waals surface area contributed by atoms with Gasteiger partial charge in [-0.1, -0.05) is 0 Å². The standard InChI is InChI=1S/C16H26N4O2/c1-3-20-11-12(10-17-20)16(22)18(2)13-6-7-14(15(13)21)19-8-4-5-9-19/h10-11,13-15,21H,3-9H2,1-2H3/t13-,14-,15-/m1/s1. The summed E-state index contributed by atoms with van der Waals surface area (Å²) in [7, 11) is 1.80. The van der Waals surface area contributed by atoms with E-state index in [-0.39, 0.29) is 18.0 Å². The van der Waals surface area contributed by atoms with Crippen LogP contribution in [-0.4, -0.2) is 68.9 Å². The quantitative estimate of drug-likeness (QED) is 0.900. The Kier molecular flexibility index (Phi) is 4.49. The van der Waals surface area contributed by atoms with Gasteiger partial charge in [-0.3, -0.25) is 14.4 Å². The van der Waals surface area contributed by atoms with Crippen LogP contribution in [0.2, 0.25) is 0 Å². The maximum Gasteiger partial charge on any atom is 0.257 e. The third-order valence-corrected chi connectivity index (χ3v) is 5.18. The van der Waals surface area contributed by atoms with Crippen LogP contribution in [0.25, 0.3) is 0 Å². The summed E-state index contributed by atoms with van der Waals surface area (Å²) in [6, 6.07) is 0.115. The first-order valence-corrected chi connectivity index (χ1v) is 8.33. The van der Waals surface area contributed by atoms with Crippen molar-refractivity contribution in [1.29, 1.82) is 0 Å². The number of aliphatic hydroxyl groups is 1. The average molecular weight is 306 g/mol. The zero-order valence-electron chi connectivity index (χ0n) is 13.5. The predicted octanol–water partition coefficient (Wildman–Crippen LogP) is 0.963. The van der Waals surface area contributed by atoms with Crippen LogP contribution in [0.3, 0.4) is 0 Å². The SMILES string of the molecule is CCn1cc(C(=O)N(C)[C@@H]2CC[C@@H](N3CCCC3)[C@@H]2O)cn1. The highest BCUT2D eigenvalue weighted by molar-refractivity contribution is 5.93. The molecule has 122 valence electrons. The highest BCUT2D eigenvalue weighted by atomic mass is 16.3. The maximum atomic E-state index is 12.6. The summed E-state index contributed by atoms with van der Waals surface area (Å²) in [5, 5.41) is 14.8. The third-order valence-electron chi connectivity index (χ3n) is 5.18. The van der Waals surface area contributed by atoms with Gasteiger partial charge in [0.05, 0.1) is 23.9 Å². The molecule has 0 bridgehead atoms. The fourth-order valence-electron chi connectivity index (χ4n) is 3.84. The van der Waals surface area contributed by atoms with Crippen molar-refractivity contribution in [3.63, 3.8) is 0 Å². The number of aryl methyl sites for hydroxylation is 1. The zero-order chi connectivity index (χ0) is 15.7. The summed E-state index contributed by atoms with van der Waals surface area (Å²) in [6.07, 6.45) is 7.22. The van der Waals surface area contributed by atoms with E-state index < -0.39 is 6.10 Å². The fraction of sp³-hybridized carbons (Fsp3) is 0.750. The van der Waals surface area contributed by atoms with Gasteiger partial charge in [0.1, 0.15) is 0 Å². The monoisotopic (exact) mass is 306 g/mol. The minimum Gasteiger partial charge on any atom is -0.389 e. The van der Waals surface area contributed by atoms with Crippen molar-refractivity contribution < 1.29 is 9.90 Å². The molecule has 1 amide bonds. The number of rotatable bonds is 4. The van der Waals surface area contributed by atoms with E-state index in [0.717, 1.165) is 32.5 Å². The van der Waals surface area contributed by atoms with E-state index in [1.807, 2.05) is 6.92 Å². The second kappa shape index (κ2) is 6.38. The van der Waals surface area contributed by atoms with Crippen LogP contribution in [0.1, 0.15) is 43.0 Å². The first-order valence-electron chi connectivity index (χ1n) is 8.33. The lowest BCUT2D eigenvalue weighted by Gasteiger charge is -2.31. The molecule has 2 fully saturated rings. The van der Waals surface area contributed by atoms with Gasteiger partial charge in [-0.05, 0) is 45.7 Å². The molecule has 0 spiro atoms. The average Bonchev–Trinajstić information content (AvgIpc) is 3.25. The van der Waals surface area contributed by atoms with Crippen LogP contribution in [0.15, 0.2) is 12.4 Å². The van der Waals surface area contributed by atoms with Gasteiger partial charge in [-0.2, -0.15) is 5.10 Å². The van der Waals surface area contributed by atoms with Crippen LogP contribution < -0.4 is 0 Å². The van der Waals surface area contributed by atoms with Crippen LogP contribution in [0.5, 0.6) is 0 Å². The number of hydrogen-bond acceptors (Lipinski definition) is 4. The number of aromatic nitrogens is 2. The smallest absolute Gasteiger partial charge is 0.257 e. The van der Waals surface area contributed by atoms with Gasteiger partial charge in [-0.15, -0.1) is 0 Å². The molecule has 1 aliphatic heterocycles. The summed E-state index contributed by atoms with van der Waals surface area (Å²) in [5.41, 5.74) is 0.598. The third kappa shape index (κ3) is 2.77. The molecule has 1 saturated heterocycles. The zero-order valence-corrected chi connectivity index (χ0v) is 13.5. The van der Waals surface area contributed by atoms with E-state index >= 15 is 0 Å². The number of hydrogen-bond donors (Lipinski definition) is 1. The predicted molar refractivity (Wildman–Crippen MR) is 83.6 cm³/mol. The van der Waals surface area contributed by atoms with Gasteiger partial charge in [0.2, 0.25) is 0 Å². The minimum atomic E-state index is -0.451. The van der Waals surface area contributed by atoms with Crippen molar-refractivity contribution in [3.05, 3.63) is 18.0 Å². The van der Waals surface area contributed by atoms with Gasteiger partial charge < -0.3 is 10.0 Å². The van der Waals surface area contributed by atoms with E-state index in [1.165, 1.54) is 12.8 Å². The van der Waals surface area contributed by atoms with Gasteiger partial charge in [0.15, 0.2) is 0 Å². The van der Waals surface area contributed by atoms with Gasteiger partial charge in [0.25, 0.3) is 5.91 Å². The molecule has 1 aromatic heterocycles. The molecular formula is C16H26N4O2. The Bertz CT molecular complexity index is 524. The normalized spacial score (nSPS) is 29.1. The Balaban J connectivity index is 1.66. The summed E-state index contributed by atoms with van der Waals surface area (Å²) in [5.74, 6) is -0.0502. The van der Waals surface area contributed by atoms with E-state index in [9.17, 15) is 9.90 Å². The Hall–Kier alpha value is -1.40. The largest absolute Gasteiger partial charge is 0.389 e. The van der Waals surface area contributed by atoms with Gasteiger partial charge >= 0.3 is 0 Å². The number of aliphatic hydroxyl groups excluding tert-OH is 1.